The summed E-state index contributed by atoms with van der Waals surface area (Å²) in [5.41, 5.74) is 14.1. The summed E-state index contributed by atoms with van der Waals surface area (Å²) in [6, 6.07) is 12.7. The van der Waals surface area contributed by atoms with Crippen molar-refractivity contribution >= 4 is 33.7 Å². The van der Waals surface area contributed by atoms with Crippen molar-refractivity contribution in [1.29, 1.82) is 0 Å². The molecule has 0 fully saturated rings. The van der Waals surface area contributed by atoms with Crippen LogP contribution in [0.1, 0.15) is 22.2 Å². The van der Waals surface area contributed by atoms with Gasteiger partial charge >= 0.3 is 0 Å². The fourth-order valence-electron chi connectivity index (χ4n) is 3.11. The molecule has 2 atom stereocenters. The number of nitrogen functional groups attached to an aromatic ring is 1. The third-order valence-electron chi connectivity index (χ3n) is 4.51. The molecule has 1 aromatic carbocycles. The Morgan fingerprint density at radius 1 is 1.10 bits per heavy atom. The van der Waals surface area contributed by atoms with Crippen LogP contribution in [0.2, 0.25) is 0 Å². The van der Waals surface area contributed by atoms with E-state index in [-0.39, 0.29) is 0 Å². The highest BCUT2D eigenvalue weighted by atomic mass is 32.1. The van der Waals surface area contributed by atoms with Gasteiger partial charge in [-0.15, -0.1) is 21.5 Å². The predicted octanol–water partition coefficient (Wildman–Crippen LogP) is 2.41. The molecule has 5 N–H and O–H groups in total. The van der Waals surface area contributed by atoms with E-state index in [0.717, 1.165) is 21.8 Å². The van der Waals surface area contributed by atoms with E-state index in [4.69, 9.17) is 11.5 Å². The molecule has 8 nitrogen and oxygen atoms in total. The van der Waals surface area contributed by atoms with E-state index in [1.54, 1.807) is 12.4 Å². The van der Waals surface area contributed by atoms with E-state index in [2.05, 4.69) is 25.5 Å². The molecule has 152 valence electrons. The lowest BCUT2D eigenvalue weighted by Gasteiger charge is -2.24. The topological polar surface area (TPSA) is 133 Å². The third-order valence-corrected chi connectivity index (χ3v) is 6.28. The zero-order valence-corrected chi connectivity index (χ0v) is 17.4. The Kier molecular flexibility index (Phi) is 6.07. The standard InChI is InChI=1S/C20H19N7OS2/c21-17(28)16(24-10-14-11-29-20(22)25-14)15(12-4-2-1-3-5-12)19-27-26-18(30-19)13-6-8-23-9-7-13/h1-9,11,15-16,24H,10H2,(H2,21,28)(H2,22,25). The molecule has 0 aliphatic rings. The molecule has 3 heterocycles. The normalized spacial score (nSPS) is 13.1. The van der Waals surface area contributed by atoms with Crippen molar-refractivity contribution in [3.63, 3.8) is 0 Å². The number of carbonyl (C=O) groups excluding carboxylic acids is 1. The second-order valence-corrected chi connectivity index (χ2v) is 8.41. The van der Waals surface area contributed by atoms with E-state index in [9.17, 15) is 4.79 Å². The number of benzene rings is 1. The molecular formula is C20H19N7OS2. The van der Waals surface area contributed by atoms with Crippen LogP contribution in [0.3, 0.4) is 0 Å². The first-order valence-corrected chi connectivity index (χ1v) is 10.8. The highest BCUT2D eigenvalue weighted by molar-refractivity contribution is 7.14. The number of rotatable bonds is 8. The number of carbonyl (C=O) groups is 1. The number of anilines is 1. The minimum absolute atomic E-state index is 0.362. The first-order chi connectivity index (χ1) is 14.6. The van der Waals surface area contributed by atoms with Gasteiger partial charge in [0.1, 0.15) is 16.1 Å². The molecule has 0 saturated carbocycles. The van der Waals surface area contributed by atoms with Gasteiger partial charge in [0.2, 0.25) is 5.91 Å². The molecule has 0 radical (unpaired) electrons. The second kappa shape index (κ2) is 9.08. The summed E-state index contributed by atoms with van der Waals surface area (Å²) >= 11 is 2.78. The van der Waals surface area contributed by atoms with E-state index in [1.165, 1.54) is 22.7 Å². The van der Waals surface area contributed by atoms with Crippen molar-refractivity contribution < 1.29 is 4.79 Å². The van der Waals surface area contributed by atoms with Crippen LogP contribution in [0.4, 0.5) is 5.13 Å². The van der Waals surface area contributed by atoms with Gasteiger partial charge in [0, 0.05) is 29.9 Å². The molecule has 30 heavy (non-hydrogen) atoms. The minimum Gasteiger partial charge on any atom is -0.375 e. The van der Waals surface area contributed by atoms with Crippen LogP contribution >= 0.6 is 22.7 Å². The van der Waals surface area contributed by atoms with Gasteiger partial charge in [-0.3, -0.25) is 15.1 Å². The van der Waals surface area contributed by atoms with E-state index >= 15 is 0 Å². The van der Waals surface area contributed by atoms with Gasteiger partial charge in [0.05, 0.1) is 11.6 Å². The molecule has 4 rings (SSSR count). The molecule has 1 amide bonds. The Labute approximate surface area is 181 Å². The van der Waals surface area contributed by atoms with E-state index in [0.29, 0.717) is 16.7 Å². The Morgan fingerprint density at radius 2 is 1.87 bits per heavy atom. The monoisotopic (exact) mass is 437 g/mol. The molecule has 3 aromatic heterocycles. The number of thiazole rings is 1. The van der Waals surface area contributed by atoms with Gasteiger partial charge in [-0.1, -0.05) is 41.7 Å². The Morgan fingerprint density at radius 3 is 2.53 bits per heavy atom. The van der Waals surface area contributed by atoms with Crippen LogP contribution in [0, 0.1) is 0 Å². The van der Waals surface area contributed by atoms with Crippen LogP contribution < -0.4 is 16.8 Å². The number of nitrogens with zero attached hydrogens (tertiary/aromatic N) is 4. The Balaban J connectivity index is 1.68. The summed E-state index contributed by atoms with van der Waals surface area (Å²) < 4.78 is 0. The number of nitrogens with two attached hydrogens (primary N) is 2. The summed E-state index contributed by atoms with van der Waals surface area (Å²) in [5.74, 6) is -0.875. The molecule has 0 aliphatic carbocycles. The van der Waals surface area contributed by atoms with Crippen LogP contribution in [-0.4, -0.2) is 32.1 Å². The molecule has 0 aliphatic heterocycles. The average molecular weight is 438 g/mol. The smallest absolute Gasteiger partial charge is 0.235 e. The lowest BCUT2D eigenvalue weighted by Crippen LogP contribution is -2.45. The van der Waals surface area contributed by atoms with Crippen molar-refractivity contribution in [2.24, 2.45) is 5.73 Å². The van der Waals surface area contributed by atoms with Crippen molar-refractivity contribution in [2.75, 3.05) is 5.73 Å². The maximum absolute atomic E-state index is 12.5. The molecule has 10 heteroatoms. The summed E-state index contributed by atoms with van der Waals surface area (Å²) in [4.78, 5) is 20.7. The lowest BCUT2D eigenvalue weighted by molar-refractivity contribution is -0.120. The fraction of sp³-hybridized carbons (Fsp3) is 0.150. The lowest BCUT2D eigenvalue weighted by atomic mass is 9.91. The average Bonchev–Trinajstić information content (AvgIpc) is 3.41. The zero-order chi connectivity index (χ0) is 20.9. The van der Waals surface area contributed by atoms with Gasteiger partial charge in [-0.25, -0.2) is 4.98 Å². The summed E-state index contributed by atoms with van der Waals surface area (Å²) in [5, 5.41) is 15.7. The molecular weight excluding hydrogens is 418 g/mol. The second-order valence-electron chi connectivity index (χ2n) is 6.51. The van der Waals surface area contributed by atoms with Crippen molar-refractivity contribution in [1.82, 2.24) is 25.5 Å². The van der Waals surface area contributed by atoms with Crippen molar-refractivity contribution in [3.8, 4) is 10.6 Å². The van der Waals surface area contributed by atoms with Gasteiger partial charge in [0.25, 0.3) is 0 Å². The molecule has 2 unspecified atom stereocenters. The van der Waals surface area contributed by atoms with Gasteiger partial charge < -0.3 is 11.5 Å². The van der Waals surface area contributed by atoms with Gasteiger partial charge in [-0.05, 0) is 17.7 Å². The van der Waals surface area contributed by atoms with E-state index in [1.807, 2.05) is 47.8 Å². The highest BCUT2D eigenvalue weighted by Crippen LogP contribution is 2.33. The number of hydrogen-bond acceptors (Lipinski definition) is 9. The number of nitrogens with one attached hydrogen (secondary N) is 1. The summed E-state index contributed by atoms with van der Waals surface area (Å²) in [7, 11) is 0. The largest absolute Gasteiger partial charge is 0.375 e. The van der Waals surface area contributed by atoms with E-state index < -0.39 is 17.9 Å². The van der Waals surface area contributed by atoms with Crippen molar-refractivity contribution in [2.45, 2.75) is 18.5 Å². The third kappa shape index (κ3) is 4.51. The van der Waals surface area contributed by atoms with Crippen LogP contribution in [0.5, 0.6) is 0 Å². The summed E-state index contributed by atoms with van der Waals surface area (Å²) in [6.45, 7) is 0.362. The Bertz CT molecular complexity index is 1110. The molecule has 0 saturated heterocycles. The number of hydrogen-bond donors (Lipinski definition) is 3. The highest BCUT2D eigenvalue weighted by Gasteiger charge is 2.32. The SMILES string of the molecule is NC(=O)C(NCc1csc(N)n1)C(c1ccccc1)c1nnc(-c2ccncc2)s1. The van der Waals surface area contributed by atoms with Gasteiger partial charge in [-0.2, -0.15) is 0 Å². The number of amides is 1. The molecule has 4 aromatic rings. The first-order valence-electron chi connectivity index (χ1n) is 9.13. The van der Waals surface area contributed by atoms with Crippen LogP contribution in [0.15, 0.2) is 60.2 Å². The zero-order valence-electron chi connectivity index (χ0n) is 15.8. The first kappa shape index (κ1) is 20.1. The molecule has 0 spiro atoms. The number of primary amides is 1. The summed E-state index contributed by atoms with van der Waals surface area (Å²) in [6.07, 6.45) is 3.41. The predicted molar refractivity (Wildman–Crippen MR) is 118 cm³/mol. The fourth-order valence-corrected chi connectivity index (χ4v) is 4.69. The maximum Gasteiger partial charge on any atom is 0.235 e. The quantitative estimate of drug-likeness (QED) is 0.385. The Hall–Kier alpha value is -3.21. The minimum atomic E-state index is -0.700. The van der Waals surface area contributed by atoms with Crippen molar-refractivity contribution in [3.05, 3.63) is 76.5 Å². The van der Waals surface area contributed by atoms with Gasteiger partial charge in [0.15, 0.2) is 5.13 Å². The molecule has 0 bridgehead atoms. The number of aromatic nitrogens is 4. The maximum atomic E-state index is 12.5. The number of pyridine rings is 1. The van der Waals surface area contributed by atoms with Crippen LogP contribution in [0.25, 0.3) is 10.6 Å². The van der Waals surface area contributed by atoms with Crippen LogP contribution in [-0.2, 0) is 11.3 Å².